The van der Waals surface area contributed by atoms with Gasteiger partial charge in [-0.3, -0.25) is 19.7 Å². The van der Waals surface area contributed by atoms with Gasteiger partial charge in [0, 0.05) is 31.4 Å². The van der Waals surface area contributed by atoms with Crippen molar-refractivity contribution in [2.75, 3.05) is 7.11 Å². The van der Waals surface area contributed by atoms with Crippen LogP contribution in [0.3, 0.4) is 0 Å². The van der Waals surface area contributed by atoms with E-state index in [9.17, 15) is 19.2 Å². The van der Waals surface area contributed by atoms with E-state index in [0.29, 0.717) is 18.1 Å². The largest absolute Gasteiger partial charge is 0.377 e. The Morgan fingerprint density at radius 3 is 1.84 bits per heavy atom. The van der Waals surface area contributed by atoms with Crippen molar-refractivity contribution in [3.63, 3.8) is 0 Å². The van der Waals surface area contributed by atoms with Crippen LogP contribution in [0.4, 0.5) is 0 Å². The number of imide groups is 1. The molecule has 6 nitrogen and oxygen atoms in total. The van der Waals surface area contributed by atoms with Crippen LogP contribution in [0, 0.1) is 11.3 Å². The third-order valence-corrected chi connectivity index (χ3v) is 6.28. The average Bonchev–Trinajstić information content (AvgIpc) is 3.24. The van der Waals surface area contributed by atoms with Crippen LogP contribution in [0.1, 0.15) is 134 Å². The second kappa shape index (κ2) is 24.0. The van der Waals surface area contributed by atoms with Crippen LogP contribution in [0.2, 0.25) is 0 Å². The summed E-state index contributed by atoms with van der Waals surface area (Å²) in [5.74, 6) is 0.457. The lowest BCUT2D eigenvalue weighted by molar-refractivity contribution is -0.138. The van der Waals surface area contributed by atoms with Crippen molar-refractivity contribution < 1.29 is 23.9 Å². The van der Waals surface area contributed by atoms with Crippen LogP contribution in [-0.2, 0) is 23.9 Å². The molecule has 0 saturated heterocycles. The molecule has 6 heteroatoms. The van der Waals surface area contributed by atoms with Gasteiger partial charge in [-0.1, -0.05) is 92.4 Å². The molecule has 0 heterocycles. The van der Waals surface area contributed by atoms with Gasteiger partial charge in [0.2, 0.25) is 11.8 Å². The highest BCUT2D eigenvalue weighted by atomic mass is 16.5. The molecule has 0 fully saturated rings. The number of carbonyl (C=O) groups is 4. The number of allylic oxidation sites excluding steroid dienone is 2. The predicted octanol–water partition coefficient (Wildman–Crippen LogP) is 7.94. The fraction of sp³-hybridized carbons (Fsp3) is 0.750. The summed E-state index contributed by atoms with van der Waals surface area (Å²) >= 11 is 0. The number of hydrogen-bond donors (Lipinski definition) is 1. The van der Waals surface area contributed by atoms with Gasteiger partial charge < -0.3 is 9.53 Å². The van der Waals surface area contributed by atoms with E-state index in [1.54, 1.807) is 7.11 Å². The molecule has 2 rings (SSSR count). The van der Waals surface area contributed by atoms with E-state index in [-0.39, 0.29) is 23.7 Å². The third-order valence-electron chi connectivity index (χ3n) is 6.28. The number of rotatable bonds is 8. The lowest BCUT2D eigenvalue weighted by Crippen LogP contribution is -2.45. The Morgan fingerprint density at radius 1 is 1.00 bits per heavy atom. The van der Waals surface area contributed by atoms with Crippen molar-refractivity contribution in [2.45, 2.75) is 140 Å². The van der Waals surface area contributed by atoms with Crippen LogP contribution in [0.15, 0.2) is 23.3 Å². The molecule has 2 aliphatic rings. The minimum Gasteiger partial charge on any atom is -0.377 e. The summed E-state index contributed by atoms with van der Waals surface area (Å²) in [7, 11) is 1.71. The fourth-order valence-electron chi connectivity index (χ4n) is 4.25. The number of Topliss-reactive ketones (excluding diaryl/α,β-unsaturated/α-hetero) is 2. The summed E-state index contributed by atoms with van der Waals surface area (Å²) in [6.07, 6.45) is 12.9. The molecule has 0 aromatic heterocycles. The standard InChI is InChI=1S/C14H27NO2.C10H12O2.C3H6O.C3H8.C2H6/c1-6-9-12(10-7-2)14(5,8-3)13(17)15-11(4)16;1-12-8-3-4-9-7(6-8)2-5-10(9)11;1-3(2)4;1-3-2;1-2/h12H,6-10H2,1-5H3,(H,15,16,17);3-4,8H,2,5-6H2,1H3;1-2H3;3H2,1-2H3;1-2H3. The zero-order chi connectivity index (χ0) is 30.3. The Bertz CT molecular complexity index is 743. The molecule has 0 aromatic carbocycles. The first-order valence-electron chi connectivity index (χ1n) is 14.6. The summed E-state index contributed by atoms with van der Waals surface area (Å²) < 4.78 is 5.20. The molecule has 2 atom stereocenters. The van der Waals surface area contributed by atoms with Gasteiger partial charge in [-0.15, -0.1) is 0 Å². The minimum absolute atomic E-state index is 0.112. The monoisotopic (exact) mass is 537 g/mol. The van der Waals surface area contributed by atoms with Gasteiger partial charge >= 0.3 is 0 Å². The summed E-state index contributed by atoms with van der Waals surface area (Å²) in [5.41, 5.74) is 1.81. The van der Waals surface area contributed by atoms with E-state index in [2.05, 4.69) is 33.0 Å². The second-order valence-corrected chi connectivity index (χ2v) is 9.95. The molecular weight excluding hydrogens is 478 g/mol. The number of ether oxygens (including phenoxy) is 1. The van der Waals surface area contributed by atoms with E-state index in [0.717, 1.165) is 50.5 Å². The zero-order valence-electron chi connectivity index (χ0n) is 26.7. The lowest BCUT2D eigenvalue weighted by atomic mass is 9.70. The first-order valence-corrected chi connectivity index (χ1v) is 14.6. The fourth-order valence-corrected chi connectivity index (χ4v) is 4.25. The Labute approximate surface area is 234 Å². The minimum atomic E-state index is -0.419. The van der Waals surface area contributed by atoms with E-state index in [1.807, 2.05) is 39.8 Å². The molecular formula is C32H59NO5. The Morgan fingerprint density at radius 2 is 1.47 bits per heavy atom. The number of methoxy groups -OCH3 is 1. The van der Waals surface area contributed by atoms with Crippen molar-refractivity contribution in [2.24, 2.45) is 11.3 Å². The van der Waals surface area contributed by atoms with Crippen LogP contribution in [0.25, 0.3) is 0 Å². The second-order valence-electron chi connectivity index (χ2n) is 9.95. The predicted molar refractivity (Wildman–Crippen MR) is 160 cm³/mol. The quantitative estimate of drug-likeness (QED) is 0.339. The van der Waals surface area contributed by atoms with Gasteiger partial charge in [0.25, 0.3) is 0 Å². The zero-order valence-corrected chi connectivity index (χ0v) is 26.7. The van der Waals surface area contributed by atoms with Crippen molar-refractivity contribution in [3.05, 3.63) is 23.3 Å². The number of ketones is 2. The van der Waals surface area contributed by atoms with Crippen LogP contribution in [-0.4, -0.2) is 36.6 Å². The molecule has 2 aliphatic carbocycles. The Balaban J connectivity index is -0.000000502. The lowest BCUT2D eigenvalue weighted by Gasteiger charge is -2.35. The van der Waals surface area contributed by atoms with E-state index < -0.39 is 5.41 Å². The molecule has 0 saturated carbocycles. The molecule has 0 aromatic rings. The van der Waals surface area contributed by atoms with Crippen molar-refractivity contribution in [1.29, 1.82) is 0 Å². The van der Waals surface area contributed by atoms with Gasteiger partial charge in [0.05, 0.1) is 6.10 Å². The summed E-state index contributed by atoms with van der Waals surface area (Å²) in [6, 6.07) is 0. The first-order chi connectivity index (χ1) is 17.9. The molecule has 0 radical (unpaired) electrons. The van der Waals surface area contributed by atoms with Gasteiger partial charge in [0.1, 0.15) is 5.78 Å². The van der Waals surface area contributed by atoms with Crippen molar-refractivity contribution in [1.82, 2.24) is 5.32 Å². The first kappa shape index (κ1) is 40.4. The normalized spacial score (nSPS) is 16.7. The number of hydrogen-bond acceptors (Lipinski definition) is 5. The molecule has 38 heavy (non-hydrogen) atoms. The van der Waals surface area contributed by atoms with Gasteiger partial charge in [-0.2, -0.15) is 0 Å². The maximum absolute atomic E-state index is 12.2. The van der Waals surface area contributed by atoms with Crippen molar-refractivity contribution in [3.8, 4) is 0 Å². The van der Waals surface area contributed by atoms with Gasteiger partial charge in [0.15, 0.2) is 5.78 Å². The highest BCUT2D eigenvalue weighted by Crippen LogP contribution is 2.37. The maximum Gasteiger partial charge on any atom is 0.232 e. The molecule has 0 bridgehead atoms. The molecule has 0 spiro atoms. The summed E-state index contributed by atoms with van der Waals surface area (Å²) in [4.78, 5) is 43.9. The topological polar surface area (TPSA) is 89.5 Å². The molecule has 1 N–H and O–H groups in total. The SMILES string of the molecule is CC.CC(C)=O.CCC.CCCC(CCC)C(C)(CC)C(=O)NC(C)=O.COC1C=CC2=C(CCC2=O)C1. The highest BCUT2D eigenvalue weighted by Gasteiger charge is 2.38. The molecule has 2 amide bonds. The molecule has 2 unspecified atom stereocenters. The Kier molecular flexibility index (Phi) is 25.5. The van der Waals surface area contributed by atoms with E-state index in [1.165, 1.54) is 32.8 Å². The third kappa shape index (κ3) is 16.7. The van der Waals surface area contributed by atoms with E-state index in [4.69, 9.17) is 4.74 Å². The molecule has 0 aliphatic heterocycles. The number of carbonyl (C=O) groups excluding carboxylic acids is 4. The molecule has 222 valence electrons. The summed E-state index contributed by atoms with van der Waals surface area (Å²) in [5, 5.41) is 2.45. The number of nitrogens with one attached hydrogen (secondary N) is 1. The van der Waals surface area contributed by atoms with Gasteiger partial charge in [-0.25, -0.2) is 0 Å². The maximum atomic E-state index is 12.2. The summed E-state index contributed by atoms with van der Waals surface area (Å²) in [6.45, 7) is 21.0. The van der Waals surface area contributed by atoms with Crippen LogP contribution >= 0.6 is 0 Å². The highest BCUT2D eigenvalue weighted by molar-refractivity contribution is 6.01. The van der Waals surface area contributed by atoms with Crippen LogP contribution < -0.4 is 5.32 Å². The Hall–Kier alpha value is -2.08. The number of amides is 2. The van der Waals surface area contributed by atoms with Crippen molar-refractivity contribution >= 4 is 23.4 Å². The van der Waals surface area contributed by atoms with E-state index >= 15 is 0 Å². The van der Waals surface area contributed by atoms with Gasteiger partial charge in [-0.05, 0) is 51.9 Å². The smallest absolute Gasteiger partial charge is 0.232 e. The van der Waals surface area contributed by atoms with Crippen LogP contribution in [0.5, 0.6) is 0 Å². The average molecular weight is 538 g/mol.